The number of benzene rings is 1. The van der Waals surface area contributed by atoms with Gasteiger partial charge in [0, 0.05) is 23.5 Å². The number of carbonyl (C=O) groups is 1. The van der Waals surface area contributed by atoms with Gasteiger partial charge >= 0.3 is 5.97 Å². The molecular weight excluding hydrogens is 290 g/mol. The van der Waals surface area contributed by atoms with Gasteiger partial charge < -0.3 is 10.1 Å². The molecule has 2 heterocycles. The summed E-state index contributed by atoms with van der Waals surface area (Å²) in [7, 11) is 0. The van der Waals surface area contributed by atoms with E-state index >= 15 is 0 Å². The van der Waals surface area contributed by atoms with Gasteiger partial charge in [-0.05, 0) is 43.5 Å². The molecule has 0 radical (unpaired) electrons. The lowest BCUT2D eigenvalue weighted by Gasteiger charge is -2.11. The van der Waals surface area contributed by atoms with E-state index < -0.39 is 5.97 Å². The number of fused-ring (bicyclic) bond motifs is 1. The second kappa shape index (κ2) is 6.44. The highest BCUT2D eigenvalue weighted by Crippen LogP contribution is 2.25. The Morgan fingerprint density at radius 2 is 2.00 bits per heavy atom. The van der Waals surface area contributed by atoms with Gasteiger partial charge in [-0.25, -0.2) is 9.78 Å². The maximum Gasteiger partial charge on any atom is 0.357 e. The van der Waals surface area contributed by atoms with Gasteiger partial charge in [0.05, 0.1) is 6.61 Å². The molecule has 23 heavy (non-hydrogen) atoms. The molecule has 0 aliphatic heterocycles. The van der Waals surface area contributed by atoms with Crippen LogP contribution in [0.3, 0.4) is 0 Å². The molecule has 0 unspecified atom stereocenters. The lowest BCUT2D eigenvalue weighted by atomic mass is 10.1. The van der Waals surface area contributed by atoms with Crippen LogP contribution >= 0.6 is 0 Å². The van der Waals surface area contributed by atoms with E-state index in [0.29, 0.717) is 12.4 Å². The molecule has 0 atom stereocenters. The van der Waals surface area contributed by atoms with Gasteiger partial charge in [-0.3, -0.25) is 4.98 Å². The van der Waals surface area contributed by atoms with Crippen molar-refractivity contribution in [3.63, 3.8) is 0 Å². The first-order chi connectivity index (χ1) is 11.2. The van der Waals surface area contributed by atoms with Crippen LogP contribution in [-0.2, 0) is 4.74 Å². The maximum absolute atomic E-state index is 12.0. The molecule has 1 aromatic carbocycles. The van der Waals surface area contributed by atoms with Crippen LogP contribution in [0.25, 0.3) is 10.8 Å². The van der Waals surface area contributed by atoms with Gasteiger partial charge in [-0.2, -0.15) is 0 Å². The molecule has 5 heteroatoms. The molecule has 0 bridgehead atoms. The summed E-state index contributed by atoms with van der Waals surface area (Å²) < 4.78 is 5.05. The lowest BCUT2D eigenvalue weighted by Crippen LogP contribution is -2.09. The number of hydrogen-bond acceptors (Lipinski definition) is 5. The summed E-state index contributed by atoms with van der Waals surface area (Å²) in [4.78, 5) is 20.6. The summed E-state index contributed by atoms with van der Waals surface area (Å²) in [5.74, 6) is 0.153. The smallest absolute Gasteiger partial charge is 0.357 e. The highest BCUT2D eigenvalue weighted by Gasteiger charge is 2.13. The molecule has 116 valence electrons. The quantitative estimate of drug-likeness (QED) is 0.741. The number of aryl methyl sites for hydroxylation is 1. The van der Waals surface area contributed by atoms with Crippen molar-refractivity contribution in [2.75, 3.05) is 11.9 Å². The van der Waals surface area contributed by atoms with Gasteiger partial charge in [0.25, 0.3) is 0 Å². The Bertz CT molecular complexity index is 845. The Hall–Kier alpha value is -2.95. The van der Waals surface area contributed by atoms with E-state index in [0.717, 1.165) is 16.5 Å². The Labute approximate surface area is 134 Å². The molecule has 0 spiro atoms. The topological polar surface area (TPSA) is 64.1 Å². The van der Waals surface area contributed by atoms with Crippen LogP contribution in [0.15, 0.2) is 48.8 Å². The Balaban J connectivity index is 2.06. The Morgan fingerprint density at radius 1 is 1.22 bits per heavy atom. The number of aromatic nitrogens is 2. The standard InChI is InChI=1S/C18H17N3O2/c1-3-23-18(22)16-10-13-8-9-19-11-15(13)17(21-16)20-14-6-4-12(2)5-7-14/h4-11H,3H2,1-2H3,(H,20,21). The van der Waals surface area contributed by atoms with Crippen LogP contribution in [0.1, 0.15) is 23.0 Å². The molecule has 5 nitrogen and oxygen atoms in total. The van der Waals surface area contributed by atoms with Crippen molar-refractivity contribution in [2.45, 2.75) is 13.8 Å². The number of ether oxygens (including phenoxy) is 1. The lowest BCUT2D eigenvalue weighted by molar-refractivity contribution is 0.0520. The van der Waals surface area contributed by atoms with Crippen molar-refractivity contribution in [1.82, 2.24) is 9.97 Å². The molecule has 0 saturated carbocycles. The molecule has 1 N–H and O–H groups in total. The number of anilines is 2. The number of carbonyl (C=O) groups excluding carboxylic acids is 1. The van der Waals surface area contributed by atoms with Crippen LogP contribution in [0, 0.1) is 6.92 Å². The van der Waals surface area contributed by atoms with E-state index in [2.05, 4.69) is 15.3 Å². The largest absolute Gasteiger partial charge is 0.461 e. The minimum Gasteiger partial charge on any atom is -0.461 e. The second-order valence-electron chi connectivity index (χ2n) is 5.16. The summed E-state index contributed by atoms with van der Waals surface area (Å²) in [6, 6.07) is 11.5. The average Bonchev–Trinajstić information content (AvgIpc) is 2.57. The summed E-state index contributed by atoms with van der Waals surface area (Å²) in [6.45, 7) is 4.12. The fourth-order valence-corrected chi connectivity index (χ4v) is 2.27. The second-order valence-corrected chi connectivity index (χ2v) is 5.16. The van der Waals surface area contributed by atoms with Crippen molar-refractivity contribution in [2.24, 2.45) is 0 Å². The zero-order valence-corrected chi connectivity index (χ0v) is 13.0. The molecule has 0 aliphatic carbocycles. The normalized spacial score (nSPS) is 10.5. The van der Waals surface area contributed by atoms with E-state index in [9.17, 15) is 4.79 Å². The zero-order valence-electron chi connectivity index (χ0n) is 13.0. The maximum atomic E-state index is 12.0. The van der Waals surface area contributed by atoms with Gasteiger partial charge in [0.1, 0.15) is 5.82 Å². The number of esters is 1. The van der Waals surface area contributed by atoms with Crippen LogP contribution in [-0.4, -0.2) is 22.5 Å². The van der Waals surface area contributed by atoms with E-state index in [1.807, 2.05) is 37.3 Å². The molecule has 0 amide bonds. The number of nitrogens with zero attached hydrogens (tertiary/aromatic N) is 2. The van der Waals surface area contributed by atoms with E-state index in [1.165, 1.54) is 5.56 Å². The first-order valence-corrected chi connectivity index (χ1v) is 7.43. The fourth-order valence-electron chi connectivity index (χ4n) is 2.27. The Kier molecular flexibility index (Phi) is 4.19. The fraction of sp³-hybridized carbons (Fsp3) is 0.167. The summed E-state index contributed by atoms with van der Waals surface area (Å²) in [5.41, 5.74) is 2.35. The van der Waals surface area contributed by atoms with Gasteiger partial charge in [0.2, 0.25) is 0 Å². The van der Waals surface area contributed by atoms with Crippen LogP contribution in [0.4, 0.5) is 11.5 Å². The molecule has 0 aliphatic rings. The van der Waals surface area contributed by atoms with Crippen molar-refractivity contribution < 1.29 is 9.53 Å². The molecule has 3 rings (SSSR count). The van der Waals surface area contributed by atoms with Crippen molar-refractivity contribution >= 4 is 28.2 Å². The molecule has 0 fully saturated rings. The van der Waals surface area contributed by atoms with Gasteiger partial charge in [-0.1, -0.05) is 17.7 Å². The molecule has 0 saturated heterocycles. The van der Waals surface area contributed by atoms with E-state index in [4.69, 9.17) is 4.74 Å². The van der Waals surface area contributed by atoms with Crippen LogP contribution in [0.2, 0.25) is 0 Å². The monoisotopic (exact) mass is 307 g/mol. The van der Waals surface area contributed by atoms with Crippen molar-refractivity contribution in [1.29, 1.82) is 0 Å². The summed E-state index contributed by atoms with van der Waals surface area (Å²) in [5, 5.41) is 4.98. The number of pyridine rings is 2. The van der Waals surface area contributed by atoms with E-state index in [-0.39, 0.29) is 5.69 Å². The van der Waals surface area contributed by atoms with Crippen molar-refractivity contribution in [3.8, 4) is 0 Å². The van der Waals surface area contributed by atoms with E-state index in [1.54, 1.807) is 25.4 Å². The first kappa shape index (κ1) is 15.0. The predicted molar refractivity (Wildman–Crippen MR) is 90.0 cm³/mol. The highest BCUT2D eigenvalue weighted by molar-refractivity contribution is 5.98. The van der Waals surface area contributed by atoms with Crippen LogP contribution < -0.4 is 5.32 Å². The van der Waals surface area contributed by atoms with Crippen LogP contribution in [0.5, 0.6) is 0 Å². The SMILES string of the molecule is CCOC(=O)c1cc2ccncc2c(Nc2ccc(C)cc2)n1. The first-order valence-electron chi connectivity index (χ1n) is 7.43. The number of hydrogen-bond donors (Lipinski definition) is 1. The third-order valence-corrected chi connectivity index (χ3v) is 3.43. The van der Waals surface area contributed by atoms with Gasteiger partial charge in [0.15, 0.2) is 5.69 Å². The summed E-state index contributed by atoms with van der Waals surface area (Å²) >= 11 is 0. The highest BCUT2D eigenvalue weighted by atomic mass is 16.5. The van der Waals surface area contributed by atoms with Crippen molar-refractivity contribution in [3.05, 3.63) is 60.0 Å². The zero-order chi connectivity index (χ0) is 16.2. The summed E-state index contributed by atoms with van der Waals surface area (Å²) in [6.07, 6.45) is 3.42. The minimum atomic E-state index is -0.432. The molecule has 3 aromatic rings. The third-order valence-electron chi connectivity index (χ3n) is 3.43. The Morgan fingerprint density at radius 3 is 2.74 bits per heavy atom. The predicted octanol–water partition coefficient (Wildman–Crippen LogP) is 3.86. The molecular formula is C18H17N3O2. The van der Waals surface area contributed by atoms with Gasteiger partial charge in [-0.15, -0.1) is 0 Å². The average molecular weight is 307 g/mol. The molecule has 2 aromatic heterocycles. The minimum absolute atomic E-state index is 0.278. The number of rotatable bonds is 4. The number of nitrogens with one attached hydrogen (secondary N) is 1. The third kappa shape index (κ3) is 3.29.